The minimum absolute atomic E-state index is 0.872. The van der Waals surface area contributed by atoms with Gasteiger partial charge in [-0.05, 0) is 25.1 Å². The summed E-state index contributed by atoms with van der Waals surface area (Å²) in [7, 11) is 0. The van der Waals surface area contributed by atoms with Crippen LogP contribution in [0.3, 0.4) is 0 Å². The van der Waals surface area contributed by atoms with E-state index in [2.05, 4.69) is 42.0 Å². The fourth-order valence-corrected chi connectivity index (χ4v) is 2.41. The Morgan fingerprint density at radius 1 is 0.950 bits per heavy atom. The van der Waals surface area contributed by atoms with Crippen molar-refractivity contribution in [3.8, 4) is 0 Å². The average Bonchev–Trinajstić information content (AvgIpc) is 2.91. The molecule has 3 heteroatoms. The predicted molar refractivity (Wildman–Crippen MR) is 88.2 cm³/mol. The smallest absolute Gasteiger partial charge is 0.181 e. The maximum Gasteiger partial charge on any atom is 0.181 e. The Labute approximate surface area is 124 Å². The van der Waals surface area contributed by atoms with E-state index in [1.807, 2.05) is 38.1 Å². The first-order valence-electron chi connectivity index (χ1n) is 6.79. The quantitative estimate of drug-likeness (QED) is 0.608. The second-order valence-electron chi connectivity index (χ2n) is 4.17. The van der Waals surface area contributed by atoms with Crippen molar-refractivity contribution in [1.82, 2.24) is 0 Å². The summed E-state index contributed by atoms with van der Waals surface area (Å²) < 4.78 is 8.99. The van der Waals surface area contributed by atoms with Crippen LogP contribution in [0.1, 0.15) is 19.4 Å². The maximum atomic E-state index is 5.71. The van der Waals surface area contributed by atoms with Gasteiger partial charge in [-0.3, -0.25) is 0 Å². The molecule has 0 bridgehead atoms. The first kappa shape index (κ1) is 14.5. The monoisotopic (exact) mass is 285 g/mol. The number of nitrogens with one attached hydrogen (secondary N) is 1. The van der Waals surface area contributed by atoms with Gasteiger partial charge in [-0.1, -0.05) is 49.7 Å². The Balaban J connectivity index is 0.000000704. The van der Waals surface area contributed by atoms with Crippen LogP contribution in [0.15, 0.2) is 64.1 Å². The molecule has 0 unspecified atom stereocenters. The van der Waals surface area contributed by atoms with Crippen LogP contribution in [-0.4, -0.2) is 0 Å². The number of aryl methyl sites for hydroxylation is 1. The van der Waals surface area contributed by atoms with Gasteiger partial charge in [0.1, 0.15) is 5.58 Å². The highest BCUT2D eigenvalue weighted by Gasteiger charge is 2.03. The molecule has 104 valence electrons. The SMILES string of the molecule is CC.Cc1ccc(NSc2cc3ccccc3o2)cc1. The van der Waals surface area contributed by atoms with E-state index in [1.165, 1.54) is 17.5 Å². The zero-order valence-corrected chi connectivity index (χ0v) is 12.8. The normalized spacial score (nSPS) is 9.95. The fourth-order valence-electron chi connectivity index (χ4n) is 1.74. The van der Waals surface area contributed by atoms with Gasteiger partial charge in [-0.15, -0.1) is 0 Å². The van der Waals surface area contributed by atoms with Crippen molar-refractivity contribution in [3.63, 3.8) is 0 Å². The highest BCUT2D eigenvalue weighted by atomic mass is 32.2. The summed E-state index contributed by atoms with van der Waals surface area (Å²) in [5.41, 5.74) is 3.26. The lowest BCUT2D eigenvalue weighted by atomic mass is 10.2. The van der Waals surface area contributed by atoms with Gasteiger partial charge in [0.15, 0.2) is 5.09 Å². The Hall–Kier alpha value is -1.87. The lowest BCUT2D eigenvalue weighted by Gasteiger charge is -2.02. The third kappa shape index (κ3) is 3.58. The van der Waals surface area contributed by atoms with Gasteiger partial charge in [0, 0.05) is 29.1 Å². The molecular formula is C17H19NOS. The molecule has 0 saturated heterocycles. The standard InChI is InChI=1S/C15H13NOS.C2H6/c1-11-6-8-13(9-7-11)16-18-15-10-12-4-2-3-5-14(12)17-15;1-2/h2-10,16H,1H3;1-2H3. The molecule has 2 nitrogen and oxygen atoms in total. The molecule has 0 spiro atoms. The van der Waals surface area contributed by atoms with Crippen molar-refractivity contribution in [2.24, 2.45) is 0 Å². The van der Waals surface area contributed by atoms with Gasteiger partial charge in [0.2, 0.25) is 0 Å². The van der Waals surface area contributed by atoms with Crippen LogP contribution in [0, 0.1) is 6.92 Å². The van der Waals surface area contributed by atoms with E-state index in [-0.39, 0.29) is 0 Å². The Kier molecular flexibility index (Phi) is 5.13. The van der Waals surface area contributed by atoms with Gasteiger partial charge in [0.05, 0.1) is 0 Å². The van der Waals surface area contributed by atoms with Crippen LogP contribution in [-0.2, 0) is 0 Å². The number of rotatable bonds is 3. The molecule has 2 aromatic carbocycles. The van der Waals surface area contributed by atoms with Crippen molar-refractivity contribution < 1.29 is 4.42 Å². The largest absolute Gasteiger partial charge is 0.448 e. The van der Waals surface area contributed by atoms with E-state index in [4.69, 9.17) is 4.42 Å². The van der Waals surface area contributed by atoms with Crippen LogP contribution in [0.25, 0.3) is 11.0 Å². The Bertz CT molecular complexity index is 625. The van der Waals surface area contributed by atoms with Gasteiger partial charge in [-0.2, -0.15) is 0 Å². The van der Waals surface area contributed by atoms with Gasteiger partial charge >= 0.3 is 0 Å². The third-order valence-corrected chi connectivity index (χ3v) is 3.46. The summed E-state index contributed by atoms with van der Waals surface area (Å²) in [6.45, 7) is 6.08. The summed E-state index contributed by atoms with van der Waals surface area (Å²) in [6, 6.07) is 18.4. The number of fused-ring (bicyclic) bond motifs is 1. The van der Waals surface area contributed by atoms with E-state index in [9.17, 15) is 0 Å². The number of anilines is 1. The van der Waals surface area contributed by atoms with Gasteiger partial charge in [-0.25, -0.2) is 0 Å². The van der Waals surface area contributed by atoms with E-state index >= 15 is 0 Å². The number of para-hydroxylation sites is 1. The van der Waals surface area contributed by atoms with E-state index < -0.39 is 0 Å². The van der Waals surface area contributed by atoms with Gasteiger partial charge < -0.3 is 9.14 Å². The average molecular weight is 285 g/mol. The molecule has 1 N–H and O–H groups in total. The highest BCUT2D eigenvalue weighted by Crippen LogP contribution is 2.27. The molecule has 3 rings (SSSR count). The molecule has 0 aliphatic heterocycles. The zero-order valence-electron chi connectivity index (χ0n) is 12.0. The van der Waals surface area contributed by atoms with Crippen molar-refractivity contribution in [1.29, 1.82) is 0 Å². The molecule has 0 aliphatic rings. The Morgan fingerprint density at radius 3 is 2.35 bits per heavy atom. The second-order valence-corrected chi connectivity index (χ2v) is 4.98. The zero-order chi connectivity index (χ0) is 14.4. The van der Waals surface area contributed by atoms with Crippen LogP contribution >= 0.6 is 11.9 Å². The van der Waals surface area contributed by atoms with Crippen LogP contribution in [0.5, 0.6) is 0 Å². The summed E-state index contributed by atoms with van der Waals surface area (Å²) in [5, 5.41) is 2.00. The number of hydrogen-bond acceptors (Lipinski definition) is 3. The number of furan rings is 1. The number of benzene rings is 2. The topological polar surface area (TPSA) is 25.2 Å². The van der Waals surface area contributed by atoms with Crippen molar-refractivity contribution >= 4 is 28.6 Å². The molecule has 0 fully saturated rings. The first-order valence-corrected chi connectivity index (χ1v) is 7.61. The first-order chi connectivity index (χ1) is 9.81. The second kappa shape index (κ2) is 7.06. The molecule has 20 heavy (non-hydrogen) atoms. The van der Waals surface area contributed by atoms with Crippen molar-refractivity contribution in [2.45, 2.75) is 25.9 Å². The fraction of sp³-hybridized carbons (Fsp3) is 0.176. The number of hydrogen-bond donors (Lipinski definition) is 1. The summed E-state index contributed by atoms with van der Waals surface area (Å²) in [5.74, 6) is 0. The van der Waals surface area contributed by atoms with Crippen LogP contribution in [0.4, 0.5) is 5.69 Å². The molecule has 1 heterocycles. The Morgan fingerprint density at radius 2 is 1.65 bits per heavy atom. The van der Waals surface area contributed by atoms with Crippen LogP contribution in [0.2, 0.25) is 0 Å². The van der Waals surface area contributed by atoms with Crippen molar-refractivity contribution in [2.75, 3.05) is 4.72 Å². The minimum Gasteiger partial charge on any atom is -0.448 e. The van der Waals surface area contributed by atoms with Crippen molar-refractivity contribution in [3.05, 3.63) is 60.2 Å². The van der Waals surface area contributed by atoms with E-state index in [0.29, 0.717) is 0 Å². The van der Waals surface area contributed by atoms with Crippen LogP contribution < -0.4 is 4.72 Å². The minimum atomic E-state index is 0.872. The molecule has 0 saturated carbocycles. The molecule has 1 aromatic heterocycles. The van der Waals surface area contributed by atoms with E-state index in [0.717, 1.165) is 21.7 Å². The lowest BCUT2D eigenvalue weighted by Crippen LogP contribution is -1.84. The molecule has 3 aromatic rings. The van der Waals surface area contributed by atoms with Gasteiger partial charge in [0.25, 0.3) is 0 Å². The molecule has 0 amide bonds. The third-order valence-electron chi connectivity index (χ3n) is 2.72. The molecule has 0 aliphatic carbocycles. The van der Waals surface area contributed by atoms with E-state index in [1.54, 1.807) is 0 Å². The molecular weight excluding hydrogens is 266 g/mol. The molecule has 0 radical (unpaired) electrons. The summed E-state index contributed by atoms with van der Waals surface area (Å²) >= 11 is 1.49. The maximum absolute atomic E-state index is 5.71. The summed E-state index contributed by atoms with van der Waals surface area (Å²) in [4.78, 5) is 0. The summed E-state index contributed by atoms with van der Waals surface area (Å²) in [6.07, 6.45) is 0. The predicted octanol–water partition coefficient (Wildman–Crippen LogP) is 5.89. The molecule has 0 atom stereocenters. The highest BCUT2D eigenvalue weighted by molar-refractivity contribution is 8.00. The lowest BCUT2D eigenvalue weighted by molar-refractivity contribution is 0.515.